The standard InChI is InChI=1S/C15H20N2O5/c1-4-9(2)13(15(21)22)16-12(19)8-17-7-5-6-11(10(3)18)14(17)20/h5-7,9,13H,4,8H2,1-3H3,(H,16,19)(H,21,22)/t9-,13-/m0/s1. The topological polar surface area (TPSA) is 105 Å². The lowest BCUT2D eigenvalue weighted by atomic mass is 9.99. The van der Waals surface area contributed by atoms with Crippen LogP contribution in [0.1, 0.15) is 37.6 Å². The van der Waals surface area contributed by atoms with E-state index in [9.17, 15) is 19.2 Å². The number of carbonyl (C=O) groups is 3. The Kier molecular flexibility index (Phi) is 6.03. The normalized spacial score (nSPS) is 13.2. The van der Waals surface area contributed by atoms with Gasteiger partial charge in [-0.1, -0.05) is 20.3 Å². The van der Waals surface area contributed by atoms with Gasteiger partial charge in [-0.15, -0.1) is 0 Å². The quantitative estimate of drug-likeness (QED) is 0.720. The molecule has 0 saturated heterocycles. The van der Waals surface area contributed by atoms with E-state index < -0.39 is 23.5 Å². The molecule has 7 nitrogen and oxygen atoms in total. The van der Waals surface area contributed by atoms with Crippen LogP contribution in [0.25, 0.3) is 0 Å². The van der Waals surface area contributed by atoms with Crippen molar-refractivity contribution < 1.29 is 19.5 Å². The SMILES string of the molecule is CC[C@H](C)[C@H](NC(=O)Cn1cccc(C(C)=O)c1=O)C(=O)O. The Bertz CT molecular complexity index is 635. The molecule has 22 heavy (non-hydrogen) atoms. The molecule has 0 aliphatic carbocycles. The molecule has 1 aromatic rings. The maximum absolute atomic E-state index is 12.0. The minimum atomic E-state index is -1.12. The summed E-state index contributed by atoms with van der Waals surface area (Å²) in [6.45, 7) is 4.49. The lowest BCUT2D eigenvalue weighted by Gasteiger charge is -2.20. The van der Waals surface area contributed by atoms with Gasteiger partial charge in [0.2, 0.25) is 5.91 Å². The van der Waals surface area contributed by atoms with Gasteiger partial charge >= 0.3 is 5.97 Å². The Hall–Kier alpha value is -2.44. The summed E-state index contributed by atoms with van der Waals surface area (Å²) in [4.78, 5) is 46.4. The summed E-state index contributed by atoms with van der Waals surface area (Å²) >= 11 is 0. The van der Waals surface area contributed by atoms with Gasteiger partial charge in [0.15, 0.2) is 5.78 Å². The summed E-state index contributed by atoms with van der Waals surface area (Å²) in [5.41, 5.74) is -0.576. The number of aliphatic carboxylic acids is 1. The monoisotopic (exact) mass is 308 g/mol. The summed E-state index contributed by atoms with van der Waals surface area (Å²) in [6.07, 6.45) is 1.98. The van der Waals surface area contributed by atoms with E-state index in [-0.39, 0.29) is 23.8 Å². The molecular weight excluding hydrogens is 288 g/mol. The van der Waals surface area contributed by atoms with Crippen LogP contribution in [0.4, 0.5) is 0 Å². The van der Waals surface area contributed by atoms with Crippen molar-refractivity contribution in [1.29, 1.82) is 0 Å². The minimum Gasteiger partial charge on any atom is -0.480 e. The number of nitrogens with zero attached hydrogens (tertiary/aromatic N) is 1. The first kappa shape index (κ1) is 17.6. The van der Waals surface area contributed by atoms with E-state index in [1.807, 2.05) is 6.92 Å². The highest BCUT2D eigenvalue weighted by molar-refractivity contribution is 5.93. The fourth-order valence-electron chi connectivity index (χ4n) is 1.99. The third-order valence-electron chi connectivity index (χ3n) is 3.51. The number of rotatable bonds is 7. The van der Waals surface area contributed by atoms with Gasteiger partial charge in [0, 0.05) is 6.20 Å². The zero-order valence-electron chi connectivity index (χ0n) is 12.8. The smallest absolute Gasteiger partial charge is 0.326 e. The van der Waals surface area contributed by atoms with Gasteiger partial charge in [-0.05, 0) is 25.0 Å². The van der Waals surface area contributed by atoms with Crippen LogP contribution in [0.2, 0.25) is 0 Å². The average Bonchev–Trinajstić information content (AvgIpc) is 2.45. The maximum atomic E-state index is 12.0. The third kappa shape index (κ3) is 4.28. The fraction of sp³-hybridized carbons (Fsp3) is 0.467. The molecule has 0 aliphatic heterocycles. The summed E-state index contributed by atoms with van der Waals surface area (Å²) in [5, 5.41) is 11.5. The Morgan fingerprint density at radius 3 is 2.50 bits per heavy atom. The van der Waals surface area contributed by atoms with Crippen LogP contribution in [0.5, 0.6) is 0 Å². The van der Waals surface area contributed by atoms with Crippen molar-refractivity contribution in [1.82, 2.24) is 9.88 Å². The number of ketones is 1. The molecule has 0 saturated carbocycles. The van der Waals surface area contributed by atoms with Crippen LogP contribution in [-0.4, -0.2) is 33.4 Å². The van der Waals surface area contributed by atoms with Gasteiger partial charge in [-0.3, -0.25) is 14.4 Å². The number of nitrogens with one attached hydrogen (secondary N) is 1. The molecule has 0 fully saturated rings. The molecule has 1 heterocycles. The second-order valence-electron chi connectivity index (χ2n) is 5.18. The van der Waals surface area contributed by atoms with Gasteiger partial charge in [-0.2, -0.15) is 0 Å². The Morgan fingerprint density at radius 2 is 2.00 bits per heavy atom. The Balaban J connectivity index is 2.89. The molecule has 0 radical (unpaired) electrons. The van der Waals surface area contributed by atoms with E-state index in [1.165, 1.54) is 25.3 Å². The van der Waals surface area contributed by atoms with Crippen LogP contribution in [0.15, 0.2) is 23.1 Å². The maximum Gasteiger partial charge on any atom is 0.326 e. The van der Waals surface area contributed by atoms with Crippen molar-refractivity contribution in [3.05, 3.63) is 34.2 Å². The van der Waals surface area contributed by atoms with Crippen LogP contribution < -0.4 is 10.9 Å². The number of carboxylic acid groups (broad SMARTS) is 1. The zero-order valence-corrected chi connectivity index (χ0v) is 12.8. The van der Waals surface area contributed by atoms with E-state index in [1.54, 1.807) is 6.92 Å². The molecular formula is C15H20N2O5. The van der Waals surface area contributed by atoms with E-state index in [2.05, 4.69) is 5.32 Å². The molecule has 0 bridgehead atoms. The number of hydrogen-bond donors (Lipinski definition) is 2. The van der Waals surface area contributed by atoms with E-state index in [4.69, 9.17) is 5.11 Å². The van der Waals surface area contributed by atoms with Crippen molar-refractivity contribution in [2.45, 2.75) is 39.8 Å². The van der Waals surface area contributed by atoms with Crippen molar-refractivity contribution in [3.63, 3.8) is 0 Å². The highest BCUT2D eigenvalue weighted by Crippen LogP contribution is 2.07. The van der Waals surface area contributed by atoms with Crippen molar-refractivity contribution in [3.8, 4) is 0 Å². The lowest BCUT2D eigenvalue weighted by molar-refractivity contribution is -0.143. The highest BCUT2D eigenvalue weighted by atomic mass is 16.4. The number of carboxylic acids is 1. The largest absolute Gasteiger partial charge is 0.480 e. The average molecular weight is 308 g/mol. The van der Waals surface area contributed by atoms with Crippen LogP contribution in [0.3, 0.4) is 0 Å². The minimum absolute atomic E-state index is 0.00740. The van der Waals surface area contributed by atoms with Gasteiger partial charge in [0.1, 0.15) is 12.6 Å². The van der Waals surface area contributed by atoms with Gasteiger partial charge in [0.25, 0.3) is 5.56 Å². The third-order valence-corrected chi connectivity index (χ3v) is 3.51. The molecule has 2 N–H and O–H groups in total. The van der Waals surface area contributed by atoms with E-state index >= 15 is 0 Å². The van der Waals surface area contributed by atoms with E-state index in [0.717, 1.165) is 4.57 Å². The number of aromatic nitrogens is 1. The molecule has 1 amide bonds. The Morgan fingerprint density at radius 1 is 1.36 bits per heavy atom. The molecule has 7 heteroatoms. The molecule has 1 rings (SSSR count). The zero-order chi connectivity index (χ0) is 16.9. The highest BCUT2D eigenvalue weighted by Gasteiger charge is 2.25. The number of amides is 1. The van der Waals surface area contributed by atoms with Gasteiger partial charge < -0.3 is 15.0 Å². The molecule has 2 atom stereocenters. The van der Waals surface area contributed by atoms with Crippen LogP contribution in [-0.2, 0) is 16.1 Å². The van der Waals surface area contributed by atoms with E-state index in [0.29, 0.717) is 6.42 Å². The number of Topliss-reactive ketones (excluding diaryl/α,β-unsaturated/α-hetero) is 1. The van der Waals surface area contributed by atoms with Crippen molar-refractivity contribution >= 4 is 17.7 Å². The predicted molar refractivity (Wildman–Crippen MR) is 79.7 cm³/mol. The molecule has 0 aromatic carbocycles. The van der Waals surface area contributed by atoms with Crippen LogP contribution >= 0.6 is 0 Å². The molecule has 0 spiro atoms. The summed E-state index contributed by atoms with van der Waals surface area (Å²) < 4.78 is 1.08. The number of pyridine rings is 1. The Labute approximate surface area is 128 Å². The molecule has 0 unspecified atom stereocenters. The number of hydrogen-bond acceptors (Lipinski definition) is 4. The van der Waals surface area contributed by atoms with Crippen molar-refractivity contribution in [2.24, 2.45) is 5.92 Å². The molecule has 0 aliphatic rings. The predicted octanol–water partition coefficient (Wildman–Crippen LogP) is 0.666. The molecule has 120 valence electrons. The lowest BCUT2D eigenvalue weighted by Crippen LogP contribution is -2.47. The van der Waals surface area contributed by atoms with Gasteiger partial charge in [-0.25, -0.2) is 4.79 Å². The van der Waals surface area contributed by atoms with Crippen molar-refractivity contribution in [2.75, 3.05) is 0 Å². The van der Waals surface area contributed by atoms with Gasteiger partial charge in [0.05, 0.1) is 5.56 Å². The second kappa shape index (κ2) is 7.53. The fourth-order valence-corrected chi connectivity index (χ4v) is 1.99. The first-order valence-electron chi connectivity index (χ1n) is 7.00. The summed E-state index contributed by atoms with van der Waals surface area (Å²) in [5.74, 6) is -2.33. The van der Waals surface area contributed by atoms with Crippen LogP contribution in [0, 0.1) is 5.92 Å². The first-order chi connectivity index (χ1) is 10.3. The second-order valence-corrected chi connectivity index (χ2v) is 5.18. The summed E-state index contributed by atoms with van der Waals surface area (Å²) in [7, 11) is 0. The first-order valence-corrected chi connectivity index (χ1v) is 7.00. The summed E-state index contributed by atoms with van der Waals surface area (Å²) in [6, 6.07) is 1.87. The number of carbonyl (C=O) groups excluding carboxylic acids is 2. The molecule has 1 aromatic heterocycles.